The molecule has 0 aliphatic heterocycles. The molecule has 0 radical (unpaired) electrons. The van der Waals surface area contributed by atoms with Gasteiger partial charge in [-0.05, 0) is 12.3 Å². The molecule has 72 valence electrons. The fraction of sp³-hybridized carbons (Fsp3) is 1.00. The Bertz CT molecular complexity index is 71.6. The highest BCUT2D eigenvalue weighted by Crippen LogP contribution is 2.03. The molecule has 0 bridgehead atoms. The lowest BCUT2D eigenvalue weighted by Gasteiger charge is -2.17. The molecule has 3 nitrogen and oxygen atoms in total. The van der Waals surface area contributed by atoms with Crippen LogP contribution in [0.1, 0.15) is 13.3 Å². The van der Waals surface area contributed by atoms with Crippen molar-refractivity contribution in [1.29, 1.82) is 0 Å². The Morgan fingerprint density at radius 3 is 1.91 bits per heavy atom. The van der Waals surface area contributed by atoms with E-state index in [9.17, 15) is 0 Å². The van der Waals surface area contributed by atoms with Crippen LogP contribution in [0.5, 0.6) is 0 Å². The van der Waals surface area contributed by atoms with Crippen LogP contribution in [0.3, 0.4) is 0 Å². The van der Waals surface area contributed by atoms with E-state index in [-0.39, 0.29) is 43.4 Å². The predicted octanol–water partition coefficient (Wildman–Crippen LogP) is 0.135. The van der Waals surface area contributed by atoms with E-state index in [4.69, 9.17) is 16.6 Å². The fourth-order valence-corrected chi connectivity index (χ4v) is 0.760. The number of rotatable bonds is 4. The highest BCUT2D eigenvalue weighted by atomic mass is 35.5. The first-order valence-electron chi connectivity index (χ1n) is 3.32. The molecule has 5 N–H and O–H groups in total. The van der Waals surface area contributed by atoms with Crippen molar-refractivity contribution in [2.75, 3.05) is 13.2 Å². The average Bonchev–Trinajstić information content (AvgIpc) is 1.90. The van der Waals surface area contributed by atoms with E-state index in [1.807, 2.05) is 6.92 Å². The molecule has 0 fully saturated rings. The van der Waals surface area contributed by atoms with E-state index in [1.54, 1.807) is 0 Å². The Labute approximate surface area is 80.3 Å². The van der Waals surface area contributed by atoms with Gasteiger partial charge in [-0.2, -0.15) is 0 Å². The zero-order valence-corrected chi connectivity index (χ0v) is 8.33. The fourth-order valence-electron chi connectivity index (χ4n) is 0.760. The second-order valence-electron chi connectivity index (χ2n) is 2.25. The summed E-state index contributed by atoms with van der Waals surface area (Å²) in [5.41, 5.74) is 10.8. The lowest BCUT2D eigenvalue weighted by atomic mass is 9.99. The molecule has 5 heteroatoms. The van der Waals surface area contributed by atoms with Crippen molar-refractivity contribution in [3.63, 3.8) is 0 Å². The highest BCUT2D eigenvalue weighted by Gasteiger charge is 2.11. The molecule has 0 amide bonds. The molecule has 0 aromatic carbocycles. The topological polar surface area (TPSA) is 72.3 Å². The van der Waals surface area contributed by atoms with Gasteiger partial charge >= 0.3 is 0 Å². The van der Waals surface area contributed by atoms with Crippen LogP contribution in [0, 0.1) is 5.92 Å². The van der Waals surface area contributed by atoms with E-state index >= 15 is 0 Å². The summed E-state index contributed by atoms with van der Waals surface area (Å²) in [5, 5.41) is 8.69. The molecule has 2 atom stereocenters. The van der Waals surface area contributed by atoms with Crippen molar-refractivity contribution in [1.82, 2.24) is 0 Å². The summed E-state index contributed by atoms with van der Waals surface area (Å²) in [4.78, 5) is 0. The van der Waals surface area contributed by atoms with Crippen molar-refractivity contribution in [2.24, 2.45) is 17.4 Å². The summed E-state index contributed by atoms with van der Waals surface area (Å²) in [6.45, 7) is 2.60. The number of aliphatic hydroxyl groups is 1. The lowest BCUT2D eigenvalue weighted by Crippen LogP contribution is -2.38. The molecule has 0 aromatic heterocycles. The Morgan fingerprint density at radius 1 is 1.36 bits per heavy atom. The summed E-state index contributed by atoms with van der Waals surface area (Å²) in [5.74, 6) is 0.176. The molecule has 2 unspecified atom stereocenters. The summed E-state index contributed by atoms with van der Waals surface area (Å²) >= 11 is 0. The van der Waals surface area contributed by atoms with Gasteiger partial charge < -0.3 is 16.6 Å². The molecule has 0 saturated carbocycles. The van der Waals surface area contributed by atoms with Crippen LogP contribution in [0.15, 0.2) is 0 Å². The molecule has 0 aromatic rings. The van der Waals surface area contributed by atoms with Gasteiger partial charge in [-0.25, -0.2) is 0 Å². The Balaban J connectivity index is -0.000000320. The van der Waals surface area contributed by atoms with E-state index in [1.165, 1.54) is 0 Å². The molecular formula is C6H18Cl2N2O. The van der Waals surface area contributed by atoms with Crippen LogP contribution in [0.2, 0.25) is 0 Å². The SMILES string of the molecule is CCC(CO)C(N)CN.Cl.Cl. The Hall–Kier alpha value is 0.460. The van der Waals surface area contributed by atoms with Crippen molar-refractivity contribution in [3.8, 4) is 0 Å². The van der Waals surface area contributed by atoms with E-state index in [0.717, 1.165) is 6.42 Å². The third-order valence-corrected chi connectivity index (χ3v) is 1.64. The van der Waals surface area contributed by atoms with Crippen LogP contribution in [0.25, 0.3) is 0 Å². The number of hydrogen-bond donors (Lipinski definition) is 3. The number of nitrogens with two attached hydrogens (primary N) is 2. The number of aliphatic hydroxyl groups excluding tert-OH is 1. The third-order valence-electron chi connectivity index (χ3n) is 1.64. The van der Waals surface area contributed by atoms with Gasteiger partial charge in [0.1, 0.15) is 0 Å². The molecular weight excluding hydrogens is 187 g/mol. The standard InChI is InChI=1S/C6H16N2O.2ClH/c1-2-5(4-9)6(8)3-7;;/h5-6,9H,2-4,7-8H2,1H3;2*1H. The van der Waals surface area contributed by atoms with Gasteiger partial charge in [-0.15, -0.1) is 24.8 Å². The van der Waals surface area contributed by atoms with Gasteiger partial charge in [0, 0.05) is 19.2 Å². The molecule has 0 heterocycles. The quantitative estimate of drug-likeness (QED) is 0.611. The summed E-state index contributed by atoms with van der Waals surface area (Å²) in [6, 6.07) is -0.0417. The number of halogens is 2. The second kappa shape index (κ2) is 10.5. The van der Waals surface area contributed by atoms with Gasteiger partial charge in [-0.1, -0.05) is 6.92 Å². The van der Waals surface area contributed by atoms with Crippen LogP contribution in [-0.2, 0) is 0 Å². The van der Waals surface area contributed by atoms with Crippen LogP contribution >= 0.6 is 24.8 Å². The lowest BCUT2D eigenvalue weighted by molar-refractivity contribution is 0.202. The van der Waals surface area contributed by atoms with E-state index in [2.05, 4.69) is 0 Å². The first-order chi connectivity index (χ1) is 4.26. The molecule has 0 aliphatic rings. The van der Waals surface area contributed by atoms with Crippen molar-refractivity contribution >= 4 is 24.8 Å². The van der Waals surface area contributed by atoms with Gasteiger partial charge in [-0.3, -0.25) is 0 Å². The number of hydrogen-bond acceptors (Lipinski definition) is 3. The van der Waals surface area contributed by atoms with E-state index in [0.29, 0.717) is 6.54 Å². The first kappa shape index (κ1) is 17.5. The van der Waals surface area contributed by atoms with E-state index < -0.39 is 0 Å². The molecule has 11 heavy (non-hydrogen) atoms. The smallest absolute Gasteiger partial charge is 0.0474 e. The summed E-state index contributed by atoms with van der Waals surface area (Å²) < 4.78 is 0. The van der Waals surface area contributed by atoms with Crippen molar-refractivity contribution < 1.29 is 5.11 Å². The van der Waals surface area contributed by atoms with Crippen LogP contribution < -0.4 is 11.5 Å². The predicted molar refractivity (Wildman–Crippen MR) is 52.4 cm³/mol. The van der Waals surface area contributed by atoms with Gasteiger partial charge in [0.25, 0.3) is 0 Å². The molecule has 0 rings (SSSR count). The Morgan fingerprint density at radius 2 is 1.82 bits per heavy atom. The largest absolute Gasteiger partial charge is 0.396 e. The minimum Gasteiger partial charge on any atom is -0.396 e. The second-order valence-corrected chi connectivity index (χ2v) is 2.25. The molecule has 0 saturated heterocycles. The van der Waals surface area contributed by atoms with Crippen LogP contribution in [0.4, 0.5) is 0 Å². The third kappa shape index (κ3) is 6.84. The maximum Gasteiger partial charge on any atom is 0.0474 e. The minimum absolute atomic E-state index is 0. The normalized spacial score (nSPS) is 14.2. The maximum absolute atomic E-state index is 8.69. The van der Waals surface area contributed by atoms with Gasteiger partial charge in [0.15, 0.2) is 0 Å². The average molecular weight is 205 g/mol. The van der Waals surface area contributed by atoms with Gasteiger partial charge in [0.05, 0.1) is 0 Å². The van der Waals surface area contributed by atoms with Gasteiger partial charge in [0.2, 0.25) is 0 Å². The maximum atomic E-state index is 8.69. The van der Waals surface area contributed by atoms with Crippen molar-refractivity contribution in [3.05, 3.63) is 0 Å². The molecule has 0 aliphatic carbocycles. The zero-order chi connectivity index (χ0) is 7.28. The highest BCUT2D eigenvalue weighted by molar-refractivity contribution is 5.85. The minimum atomic E-state index is -0.0417. The summed E-state index contributed by atoms with van der Waals surface area (Å²) in [7, 11) is 0. The zero-order valence-electron chi connectivity index (χ0n) is 6.69. The Kier molecular flexibility index (Phi) is 16.7. The monoisotopic (exact) mass is 204 g/mol. The van der Waals surface area contributed by atoms with Crippen LogP contribution in [-0.4, -0.2) is 24.3 Å². The molecule has 0 spiro atoms. The van der Waals surface area contributed by atoms with Crippen molar-refractivity contribution in [2.45, 2.75) is 19.4 Å². The first-order valence-corrected chi connectivity index (χ1v) is 3.32. The summed E-state index contributed by atoms with van der Waals surface area (Å²) in [6.07, 6.45) is 0.898.